The molecular formula is C26H32N4O6. The van der Waals surface area contributed by atoms with Crippen LogP contribution in [-0.2, 0) is 19.1 Å². The minimum atomic E-state index is -0.771. The van der Waals surface area contributed by atoms with Gasteiger partial charge in [-0.2, -0.15) is 0 Å². The van der Waals surface area contributed by atoms with E-state index in [9.17, 15) is 19.2 Å². The minimum absolute atomic E-state index is 0.130. The molecule has 2 aromatic rings. The standard InChI is InChI=1S/C26H32N4O6/c1-29(2)25(33)27-21(19-11-7-5-8-12-19)17-35-23(31)15-16-24(32)36-18-22(28-26(34)30(3)4)20-13-9-6-10-14-20/h5-16,21-22H,17-18H2,1-4H3,(H,27,33)(H,28,34)/b16-15+/t21-,22-/m1/s1. The van der Waals surface area contributed by atoms with Gasteiger partial charge in [-0.1, -0.05) is 60.7 Å². The van der Waals surface area contributed by atoms with Gasteiger partial charge in [-0.25, -0.2) is 19.2 Å². The van der Waals surface area contributed by atoms with Crippen molar-refractivity contribution in [3.63, 3.8) is 0 Å². The average molecular weight is 497 g/mol. The van der Waals surface area contributed by atoms with Crippen molar-refractivity contribution in [1.29, 1.82) is 0 Å². The molecule has 0 aliphatic rings. The Hall–Kier alpha value is -4.34. The number of carbonyl (C=O) groups is 4. The molecule has 0 heterocycles. The van der Waals surface area contributed by atoms with Crippen LogP contribution in [-0.4, -0.2) is 75.2 Å². The monoisotopic (exact) mass is 496 g/mol. The zero-order chi connectivity index (χ0) is 26.5. The highest BCUT2D eigenvalue weighted by Crippen LogP contribution is 2.15. The fourth-order valence-corrected chi connectivity index (χ4v) is 2.93. The number of urea groups is 2. The molecular weight excluding hydrogens is 464 g/mol. The molecule has 0 saturated heterocycles. The molecule has 0 aliphatic heterocycles. The Morgan fingerprint density at radius 1 is 0.667 bits per heavy atom. The number of amides is 4. The summed E-state index contributed by atoms with van der Waals surface area (Å²) in [5.74, 6) is -1.54. The first-order valence-corrected chi connectivity index (χ1v) is 11.2. The molecule has 0 aromatic heterocycles. The van der Waals surface area contributed by atoms with Crippen molar-refractivity contribution >= 4 is 24.0 Å². The third kappa shape index (κ3) is 9.49. The van der Waals surface area contributed by atoms with Gasteiger partial charge < -0.3 is 29.9 Å². The Morgan fingerprint density at radius 3 is 1.31 bits per heavy atom. The molecule has 0 saturated carbocycles. The van der Waals surface area contributed by atoms with Crippen LogP contribution in [0.5, 0.6) is 0 Å². The van der Waals surface area contributed by atoms with Gasteiger partial charge in [-0.15, -0.1) is 0 Å². The van der Waals surface area contributed by atoms with Crippen LogP contribution >= 0.6 is 0 Å². The molecule has 2 atom stereocenters. The molecule has 0 spiro atoms. The summed E-state index contributed by atoms with van der Waals surface area (Å²) < 4.78 is 10.5. The minimum Gasteiger partial charge on any atom is -0.460 e. The van der Waals surface area contributed by atoms with Crippen LogP contribution < -0.4 is 10.6 Å². The zero-order valence-corrected chi connectivity index (χ0v) is 20.8. The lowest BCUT2D eigenvalue weighted by atomic mass is 10.1. The van der Waals surface area contributed by atoms with E-state index in [1.54, 1.807) is 52.5 Å². The highest BCUT2D eigenvalue weighted by atomic mass is 16.5. The van der Waals surface area contributed by atoms with E-state index in [1.165, 1.54) is 9.80 Å². The fourth-order valence-electron chi connectivity index (χ4n) is 2.93. The van der Waals surface area contributed by atoms with Gasteiger partial charge in [0.15, 0.2) is 0 Å². The van der Waals surface area contributed by atoms with Crippen molar-refractivity contribution in [2.24, 2.45) is 0 Å². The second kappa shape index (κ2) is 14.1. The van der Waals surface area contributed by atoms with Crippen LogP contribution in [0, 0.1) is 0 Å². The van der Waals surface area contributed by atoms with E-state index in [4.69, 9.17) is 9.47 Å². The SMILES string of the molecule is CN(C)C(=O)N[C@H](COC(=O)/C=C/C(=O)OC[C@@H](NC(=O)N(C)C)c1ccccc1)c1ccccc1. The first kappa shape index (κ1) is 27.9. The van der Waals surface area contributed by atoms with Crippen LogP contribution in [0.15, 0.2) is 72.8 Å². The third-order valence-corrected chi connectivity index (χ3v) is 4.95. The molecule has 10 nitrogen and oxygen atoms in total. The number of nitrogens with one attached hydrogen (secondary N) is 2. The Kier molecular flexibility index (Phi) is 11.0. The van der Waals surface area contributed by atoms with Crippen molar-refractivity contribution in [1.82, 2.24) is 20.4 Å². The van der Waals surface area contributed by atoms with E-state index in [2.05, 4.69) is 10.6 Å². The molecule has 10 heteroatoms. The van der Waals surface area contributed by atoms with E-state index >= 15 is 0 Å². The molecule has 0 bridgehead atoms. The third-order valence-electron chi connectivity index (χ3n) is 4.95. The lowest BCUT2D eigenvalue weighted by Gasteiger charge is -2.21. The van der Waals surface area contributed by atoms with Crippen LogP contribution in [0.1, 0.15) is 23.2 Å². The zero-order valence-electron chi connectivity index (χ0n) is 20.8. The predicted octanol–water partition coefficient (Wildman–Crippen LogP) is 2.65. The predicted molar refractivity (Wildman–Crippen MR) is 134 cm³/mol. The first-order chi connectivity index (χ1) is 17.2. The van der Waals surface area contributed by atoms with Gasteiger partial charge in [0, 0.05) is 40.3 Å². The van der Waals surface area contributed by atoms with Gasteiger partial charge in [0.2, 0.25) is 0 Å². The van der Waals surface area contributed by atoms with Gasteiger partial charge in [0.25, 0.3) is 0 Å². The summed E-state index contributed by atoms with van der Waals surface area (Å²) in [6.45, 7) is -0.261. The average Bonchev–Trinajstić information content (AvgIpc) is 2.88. The number of benzene rings is 2. The number of ether oxygens (including phenoxy) is 2. The van der Waals surface area contributed by atoms with Gasteiger partial charge in [0.1, 0.15) is 13.2 Å². The highest BCUT2D eigenvalue weighted by molar-refractivity contribution is 5.91. The maximum absolute atomic E-state index is 12.2. The van der Waals surface area contributed by atoms with Crippen molar-refractivity contribution in [2.45, 2.75) is 12.1 Å². The number of esters is 2. The number of carbonyl (C=O) groups excluding carboxylic acids is 4. The summed E-state index contributed by atoms with van der Waals surface area (Å²) in [6.07, 6.45) is 1.90. The maximum atomic E-state index is 12.2. The summed E-state index contributed by atoms with van der Waals surface area (Å²) in [7, 11) is 6.41. The Labute approximate surface area is 210 Å². The lowest BCUT2D eigenvalue weighted by molar-refractivity contribution is -0.141. The summed E-state index contributed by atoms with van der Waals surface area (Å²) >= 11 is 0. The van der Waals surface area contributed by atoms with E-state index in [0.717, 1.165) is 23.3 Å². The largest absolute Gasteiger partial charge is 0.460 e. The van der Waals surface area contributed by atoms with Crippen LogP contribution in [0.2, 0.25) is 0 Å². The van der Waals surface area contributed by atoms with Crippen molar-refractivity contribution < 1.29 is 28.7 Å². The van der Waals surface area contributed by atoms with Crippen molar-refractivity contribution in [3.05, 3.63) is 83.9 Å². The van der Waals surface area contributed by atoms with Gasteiger partial charge in [-0.3, -0.25) is 0 Å². The molecule has 2 rings (SSSR count). The summed E-state index contributed by atoms with van der Waals surface area (Å²) in [6, 6.07) is 16.3. The topological polar surface area (TPSA) is 117 Å². The number of rotatable bonds is 10. The molecule has 0 radical (unpaired) electrons. The quantitative estimate of drug-likeness (QED) is 0.386. The van der Waals surface area contributed by atoms with Gasteiger partial charge in [0.05, 0.1) is 12.1 Å². The van der Waals surface area contributed by atoms with E-state index in [0.29, 0.717) is 0 Å². The highest BCUT2D eigenvalue weighted by Gasteiger charge is 2.19. The number of hydrogen-bond donors (Lipinski definition) is 2. The Morgan fingerprint density at radius 2 is 1.00 bits per heavy atom. The molecule has 2 N–H and O–H groups in total. The smallest absolute Gasteiger partial charge is 0.331 e. The van der Waals surface area contributed by atoms with Gasteiger partial charge in [-0.05, 0) is 11.1 Å². The van der Waals surface area contributed by atoms with Crippen LogP contribution in [0.4, 0.5) is 9.59 Å². The van der Waals surface area contributed by atoms with E-state index in [1.807, 2.05) is 36.4 Å². The van der Waals surface area contributed by atoms with Gasteiger partial charge >= 0.3 is 24.0 Å². The molecule has 0 unspecified atom stereocenters. The molecule has 0 aliphatic carbocycles. The normalized spacial score (nSPS) is 12.2. The summed E-state index contributed by atoms with van der Waals surface area (Å²) in [4.78, 5) is 51.3. The maximum Gasteiger partial charge on any atom is 0.331 e. The van der Waals surface area contributed by atoms with Crippen molar-refractivity contribution in [2.75, 3.05) is 41.4 Å². The van der Waals surface area contributed by atoms with E-state index < -0.39 is 24.0 Å². The fraction of sp³-hybridized carbons (Fsp3) is 0.308. The second-order valence-electron chi connectivity index (χ2n) is 8.21. The first-order valence-electron chi connectivity index (χ1n) is 11.2. The Bertz CT molecular complexity index is 957. The molecule has 4 amide bonds. The number of nitrogens with zero attached hydrogens (tertiary/aromatic N) is 2. The van der Waals surface area contributed by atoms with Crippen LogP contribution in [0.3, 0.4) is 0 Å². The van der Waals surface area contributed by atoms with E-state index in [-0.39, 0.29) is 25.3 Å². The molecule has 2 aromatic carbocycles. The summed E-state index contributed by atoms with van der Waals surface area (Å²) in [5, 5.41) is 5.56. The lowest BCUT2D eigenvalue weighted by Crippen LogP contribution is -2.39. The Balaban J connectivity index is 1.92. The van der Waals surface area contributed by atoms with Crippen molar-refractivity contribution in [3.8, 4) is 0 Å². The molecule has 0 fully saturated rings. The second-order valence-corrected chi connectivity index (χ2v) is 8.21. The van der Waals surface area contributed by atoms with Crippen LogP contribution in [0.25, 0.3) is 0 Å². The molecule has 192 valence electrons. The number of hydrogen-bond acceptors (Lipinski definition) is 6. The summed E-state index contributed by atoms with van der Waals surface area (Å²) in [5.41, 5.74) is 1.52. The molecule has 36 heavy (non-hydrogen) atoms.